The summed E-state index contributed by atoms with van der Waals surface area (Å²) in [6.45, 7) is 0.696. The number of thiophene rings is 1. The number of carbonyl (C=O) groups excluding carboxylic acids is 1. The van der Waals surface area contributed by atoms with Gasteiger partial charge in [0.15, 0.2) is 0 Å². The number of rotatable bonds is 5. The van der Waals surface area contributed by atoms with Gasteiger partial charge in [-0.3, -0.25) is 14.9 Å². The molecule has 0 N–H and O–H groups in total. The third kappa shape index (κ3) is 4.53. The smallest absolute Gasteiger partial charge is 0.270 e. The fourth-order valence-corrected chi connectivity index (χ4v) is 6.07. The monoisotopic (exact) mass is 491 g/mol. The van der Waals surface area contributed by atoms with E-state index in [0.29, 0.717) is 9.90 Å². The normalized spacial score (nSPS) is 15.0. The second kappa shape index (κ2) is 8.99. The summed E-state index contributed by atoms with van der Waals surface area (Å²) in [4.78, 5) is 26.2. The zero-order valence-electron chi connectivity index (χ0n) is 16.7. The number of nitro groups is 1. The summed E-state index contributed by atoms with van der Waals surface area (Å²) in [5.41, 5.74) is 0.641. The Hall–Kier alpha value is -2.79. The van der Waals surface area contributed by atoms with Crippen LogP contribution in [0.4, 0.5) is 5.69 Å². The molecule has 1 aromatic heterocycles. The van der Waals surface area contributed by atoms with Crippen LogP contribution in [0.2, 0.25) is 5.02 Å². The van der Waals surface area contributed by atoms with Crippen LogP contribution in [-0.2, 0) is 10.0 Å². The molecule has 32 heavy (non-hydrogen) atoms. The third-order valence-corrected chi connectivity index (χ3v) is 8.37. The molecule has 11 heteroatoms. The molecule has 0 spiro atoms. The first-order valence-electron chi connectivity index (χ1n) is 9.65. The fourth-order valence-electron chi connectivity index (χ4n) is 3.44. The molecule has 2 heterocycles. The summed E-state index contributed by atoms with van der Waals surface area (Å²) in [7, 11) is -3.89. The molecule has 1 aliphatic heterocycles. The van der Waals surface area contributed by atoms with Crippen molar-refractivity contribution in [3.8, 4) is 10.4 Å². The van der Waals surface area contributed by atoms with Crippen LogP contribution in [0.1, 0.15) is 9.67 Å². The van der Waals surface area contributed by atoms with E-state index in [2.05, 4.69) is 0 Å². The van der Waals surface area contributed by atoms with Gasteiger partial charge < -0.3 is 4.90 Å². The fraction of sp³-hybridized carbons (Fsp3) is 0.190. The van der Waals surface area contributed by atoms with E-state index in [-0.39, 0.29) is 42.7 Å². The number of nitro benzene ring substituents is 1. The highest BCUT2D eigenvalue weighted by molar-refractivity contribution is 7.89. The molecule has 3 aromatic rings. The van der Waals surface area contributed by atoms with Crippen molar-refractivity contribution in [2.45, 2.75) is 4.90 Å². The average Bonchev–Trinajstić information content (AvgIpc) is 3.29. The summed E-state index contributed by atoms with van der Waals surface area (Å²) < 4.78 is 27.0. The van der Waals surface area contributed by atoms with Crippen LogP contribution in [0, 0.1) is 10.1 Å². The summed E-state index contributed by atoms with van der Waals surface area (Å²) in [5, 5.41) is 11.6. The van der Waals surface area contributed by atoms with Gasteiger partial charge in [0.2, 0.25) is 10.0 Å². The molecule has 1 aliphatic rings. The second-order valence-electron chi connectivity index (χ2n) is 7.12. The lowest BCUT2D eigenvalue weighted by molar-refractivity contribution is -0.385. The van der Waals surface area contributed by atoms with E-state index in [1.807, 2.05) is 24.3 Å². The molecule has 1 saturated heterocycles. The number of halogens is 1. The third-order valence-electron chi connectivity index (χ3n) is 5.12. The predicted octanol–water partition coefficient (Wildman–Crippen LogP) is 4.12. The van der Waals surface area contributed by atoms with E-state index in [1.54, 1.807) is 17.0 Å². The first-order valence-corrected chi connectivity index (χ1v) is 12.3. The number of hydrogen-bond donors (Lipinski definition) is 0. The van der Waals surface area contributed by atoms with Gasteiger partial charge in [0.1, 0.15) is 0 Å². The standard InChI is InChI=1S/C21H18ClN3O5S2/c22-16-4-1-3-15(13-16)19-7-8-20(31-19)21(26)23-9-11-24(12-10-23)32(29,30)18-6-2-5-17(14-18)25(27)28/h1-8,13-14H,9-12H2. The Balaban J connectivity index is 1.44. The lowest BCUT2D eigenvalue weighted by atomic mass is 10.2. The van der Waals surface area contributed by atoms with Crippen molar-refractivity contribution in [3.63, 3.8) is 0 Å². The van der Waals surface area contributed by atoms with Gasteiger partial charge in [-0.1, -0.05) is 29.8 Å². The molecule has 0 saturated carbocycles. The SMILES string of the molecule is O=C(c1ccc(-c2cccc(Cl)c2)s1)N1CCN(S(=O)(=O)c2cccc([N+](=O)[O-])c2)CC1. The minimum Gasteiger partial charge on any atom is -0.335 e. The Kier molecular flexibility index (Phi) is 6.29. The van der Waals surface area contributed by atoms with Crippen LogP contribution in [-0.4, -0.2) is 54.6 Å². The van der Waals surface area contributed by atoms with E-state index in [9.17, 15) is 23.3 Å². The topological polar surface area (TPSA) is 101 Å². The van der Waals surface area contributed by atoms with Gasteiger partial charge in [0.25, 0.3) is 11.6 Å². The predicted molar refractivity (Wildman–Crippen MR) is 123 cm³/mol. The first kappa shape index (κ1) is 22.4. The van der Waals surface area contributed by atoms with E-state index >= 15 is 0 Å². The highest BCUT2D eigenvalue weighted by atomic mass is 35.5. The van der Waals surface area contributed by atoms with Crippen molar-refractivity contribution in [1.29, 1.82) is 0 Å². The van der Waals surface area contributed by atoms with Crippen molar-refractivity contribution in [3.05, 3.63) is 80.7 Å². The minimum absolute atomic E-state index is 0.114. The number of sulfonamides is 1. The number of hydrogen-bond acceptors (Lipinski definition) is 6. The van der Waals surface area contributed by atoms with Crippen LogP contribution in [0.25, 0.3) is 10.4 Å². The number of nitrogens with zero attached hydrogens (tertiary/aromatic N) is 3. The van der Waals surface area contributed by atoms with Gasteiger partial charge in [-0.25, -0.2) is 8.42 Å². The van der Waals surface area contributed by atoms with Gasteiger partial charge in [-0.15, -0.1) is 11.3 Å². The molecular formula is C21H18ClN3O5S2. The molecule has 4 rings (SSSR count). The zero-order chi connectivity index (χ0) is 22.9. The first-order chi connectivity index (χ1) is 15.3. The Bertz CT molecular complexity index is 1280. The zero-order valence-corrected chi connectivity index (χ0v) is 19.1. The molecule has 1 fully saturated rings. The average molecular weight is 492 g/mol. The van der Waals surface area contributed by atoms with Gasteiger partial charge in [-0.05, 0) is 35.9 Å². The maximum absolute atomic E-state index is 12.9. The maximum atomic E-state index is 12.9. The van der Waals surface area contributed by atoms with Crippen LogP contribution in [0.15, 0.2) is 65.6 Å². The maximum Gasteiger partial charge on any atom is 0.270 e. The molecule has 8 nitrogen and oxygen atoms in total. The van der Waals surface area contributed by atoms with E-state index < -0.39 is 14.9 Å². The Morgan fingerprint density at radius 2 is 1.72 bits per heavy atom. The number of benzene rings is 2. The van der Waals surface area contributed by atoms with Gasteiger partial charge in [0, 0.05) is 48.2 Å². The molecule has 0 radical (unpaired) electrons. The molecule has 0 bridgehead atoms. The van der Waals surface area contributed by atoms with Gasteiger partial charge >= 0.3 is 0 Å². The summed E-state index contributed by atoms with van der Waals surface area (Å²) in [5.74, 6) is -0.157. The number of non-ortho nitro benzene ring substituents is 1. The van der Waals surface area contributed by atoms with Crippen molar-refractivity contribution in [2.75, 3.05) is 26.2 Å². The highest BCUT2D eigenvalue weighted by Gasteiger charge is 2.31. The largest absolute Gasteiger partial charge is 0.335 e. The van der Waals surface area contributed by atoms with Crippen LogP contribution < -0.4 is 0 Å². The van der Waals surface area contributed by atoms with Gasteiger partial charge in [-0.2, -0.15) is 4.31 Å². The molecule has 0 aliphatic carbocycles. The number of amides is 1. The molecule has 2 aromatic carbocycles. The molecule has 0 atom stereocenters. The van der Waals surface area contributed by atoms with Crippen molar-refractivity contribution in [2.24, 2.45) is 0 Å². The minimum atomic E-state index is -3.89. The highest BCUT2D eigenvalue weighted by Crippen LogP contribution is 2.31. The lowest BCUT2D eigenvalue weighted by Gasteiger charge is -2.33. The Morgan fingerprint density at radius 1 is 1.00 bits per heavy atom. The number of carbonyl (C=O) groups is 1. The lowest BCUT2D eigenvalue weighted by Crippen LogP contribution is -2.50. The van der Waals surface area contributed by atoms with E-state index in [4.69, 9.17) is 11.6 Å². The molecule has 1 amide bonds. The summed E-state index contributed by atoms with van der Waals surface area (Å²) >= 11 is 7.41. The Morgan fingerprint density at radius 3 is 2.41 bits per heavy atom. The van der Waals surface area contributed by atoms with Crippen molar-refractivity contribution >= 4 is 44.6 Å². The molecule has 166 valence electrons. The van der Waals surface area contributed by atoms with Crippen molar-refractivity contribution < 1.29 is 18.1 Å². The second-order valence-corrected chi connectivity index (χ2v) is 10.6. The number of piperazine rings is 1. The molecular weight excluding hydrogens is 474 g/mol. The quantitative estimate of drug-likeness (QED) is 0.394. The van der Waals surface area contributed by atoms with Crippen LogP contribution in [0.5, 0.6) is 0 Å². The van der Waals surface area contributed by atoms with E-state index in [1.165, 1.54) is 33.8 Å². The Labute approximate surface area is 193 Å². The van der Waals surface area contributed by atoms with Crippen molar-refractivity contribution in [1.82, 2.24) is 9.21 Å². The van der Waals surface area contributed by atoms with Crippen LogP contribution in [0.3, 0.4) is 0 Å². The van der Waals surface area contributed by atoms with E-state index in [0.717, 1.165) is 16.5 Å². The summed E-state index contributed by atoms with van der Waals surface area (Å²) in [6, 6.07) is 16.0. The molecule has 0 unspecified atom stereocenters. The van der Waals surface area contributed by atoms with Gasteiger partial charge in [0.05, 0.1) is 14.7 Å². The summed E-state index contributed by atoms with van der Waals surface area (Å²) in [6.07, 6.45) is 0. The van der Waals surface area contributed by atoms with Crippen LogP contribution >= 0.6 is 22.9 Å².